The predicted octanol–water partition coefficient (Wildman–Crippen LogP) is 0.572. The summed E-state index contributed by atoms with van der Waals surface area (Å²) in [6, 6.07) is 3.45. The van der Waals surface area contributed by atoms with Crippen molar-refractivity contribution in [3.63, 3.8) is 0 Å². The minimum atomic E-state index is 0.393. The van der Waals surface area contributed by atoms with Gasteiger partial charge in [0.15, 0.2) is 11.5 Å². The lowest BCUT2D eigenvalue weighted by molar-refractivity contribution is 0.638. The van der Waals surface area contributed by atoms with Crippen molar-refractivity contribution >= 4 is 22.8 Å². The topological polar surface area (TPSA) is 82.1 Å². The van der Waals surface area contributed by atoms with Gasteiger partial charge in [0.05, 0.1) is 0 Å². The fourth-order valence-corrected chi connectivity index (χ4v) is 1.28. The van der Waals surface area contributed by atoms with Crippen LogP contribution in [0.2, 0.25) is 0 Å². The second kappa shape index (κ2) is 2.10. The van der Waals surface area contributed by atoms with Crippen LogP contribution in [0.15, 0.2) is 16.5 Å². The Bertz CT molecular complexity index is 414. The van der Waals surface area contributed by atoms with Gasteiger partial charge in [-0.2, -0.15) is 0 Å². The van der Waals surface area contributed by atoms with E-state index in [2.05, 4.69) is 5.43 Å². The van der Waals surface area contributed by atoms with Crippen molar-refractivity contribution in [3.8, 4) is 0 Å². The summed E-state index contributed by atoms with van der Waals surface area (Å²) in [5.41, 5.74) is 15.6. The van der Waals surface area contributed by atoms with Crippen LogP contribution in [0.25, 0.3) is 11.1 Å². The van der Waals surface area contributed by atoms with Gasteiger partial charge in [-0.1, -0.05) is 0 Å². The summed E-state index contributed by atoms with van der Waals surface area (Å²) in [6.45, 7) is 0. The van der Waals surface area contributed by atoms with E-state index in [1.807, 2.05) is 0 Å². The number of nitrogen functional groups attached to an aromatic ring is 2. The van der Waals surface area contributed by atoms with E-state index in [0.717, 1.165) is 5.52 Å². The summed E-state index contributed by atoms with van der Waals surface area (Å²) in [5.74, 6) is 0.996. The van der Waals surface area contributed by atoms with E-state index in [0.29, 0.717) is 17.3 Å². The molecule has 0 aromatic carbocycles. The number of aromatic nitrogens is 1. The third-order valence-electron chi connectivity index (χ3n) is 1.76. The van der Waals surface area contributed by atoms with Crippen molar-refractivity contribution in [1.82, 2.24) is 4.68 Å². The Hall–Kier alpha value is -1.78. The molecule has 0 fully saturated rings. The van der Waals surface area contributed by atoms with Crippen molar-refractivity contribution in [2.75, 3.05) is 23.9 Å². The SMILES string of the molecule is CNn1c(N)cc2oc(N)cc21. The molecule has 2 aromatic heterocycles. The summed E-state index contributed by atoms with van der Waals surface area (Å²) in [7, 11) is 1.78. The van der Waals surface area contributed by atoms with Crippen LogP contribution in [-0.4, -0.2) is 11.7 Å². The zero-order valence-corrected chi connectivity index (χ0v) is 6.66. The Morgan fingerprint density at radius 3 is 2.83 bits per heavy atom. The van der Waals surface area contributed by atoms with Crippen LogP contribution in [0.3, 0.4) is 0 Å². The van der Waals surface area contributed by atoms with Gasteiger partial charge in [-0.3, -0.25) is 0 Å². The van der Waals surface area contributed by atoms with Crippen molar-refractivity contribution in [1.29, 1.82) is 0 Å². The Kier molecular flexibility index (Phi) is 1.21. The number of nitrogens with two attached hydrogens (primary N) is 2. The molecule has 0 saturated heterocycles. The number of nitrogens with zero attached hydrogens (tertiary/aromatic N) is 1. The van der Waals surface area contributed by atoms with Crippen LogP contribution in [0.5, 0.6) is 0 Å². The number of hydrogen-bond donors (Lipinski definition) is 3. The van der Waals surface area contributed by atoms with Gasteiger partial charge in [0.2, 0.25) is 0 Å². The van der Waals surface area contributed by atoms with Crippen LogP contribution >= 0.6 is 0 Å². The van der Waals surface area contributed by atoms with Crippen LogP contribution in [-0.2, 0) is 0 Å². The molecular formula is C7H10N4O. The molecule has 2 heterocycles. The van der Waals surface area contributed by atoms with Gasteiger partial charge in [0.25, 0.3) is 0 Å². The average molecular weight is 166 g/mol. The van der Waals surface area contributed by atoms with Gasteiger partial charge >= 0.3 is 0 Å². The standard InChI is InChI=1S/C7H10N4O/c1-10-11-4-2-7(9)12-5(4)3-6(11)8/h2-3,10H,8-9H2,1H3. The average Bonchev–Trinajstić information content (AvgIpc) is 2.43. The third-order valence-corrected chi connectivity index (χ3v) is 1.76. The molecule has 2 rings (SSSR count). The van der Waals surface area contributed by atoms with E-state index in [-0.39, 0.29) is 0 Å². The van der Waals surface area contributed by atoms with Gasteiger partial charge in [-0.05, 0) is 0 Å². The molecule has 0 bridgehead atoms. The molecule has 0 unspecified atom stereocenters. The highest BCUT2D eigenvalue weighted by Crippen LogP contribution is 2.24. The summed E-state index contributed by atoms with van der Waals surface area (Å²) < 4.78 is 6.87. The first kappa shape index (κ1) is 6.90. The molecule has 0 aliphatic heterocycles. The molecule has 0 amide bonds. The number of hydrogen-bond acceptors (Lipinski definition) is 4. The molecule has 0 aliphatic carbocycles. The minimum Gasteiger partial charge on any atom is -0.439 e. The van der Waals surface area contributed by atoms with Crippen LogP contribution in [0, 0.1) is 0 Å². The van der Waals surface area contributed by atoms with E-state index in [1.165, 1.54) is 0 Å². The minimum absolute atomic E-state index is 0.393. The van der Waals surface area contributed by atoms with Crippen LogP contribution in [0.1, 0.15) is 0 Å². The quantitative estimate of drug-likeness (QED) is 0.578. The number of fused-ring (bicyclic) bond motifs is 1. The maximum atomic E-state index is 5.66. The molecule has 0 aliphatic rings. The third kappa shape index (κ3) is 0.730. The second-order valence-electron chi connectivity index (χ2n) is 2.53. The first-order chi connectivity index (χ1) is 5.72. The lowest BCUT2D eigenvalue weighted by atomic mass is 10.5. The molecule has 12 heavy (non-hydrogen) atoms. The maximum absolute atomic E-state index is 5.66. The smallest absolute Gasteiger partial charge is 0.193 e. The van der Waals surface area contributed by atoms with Crippen LogP contribution in [0.4, 0.5) is 11.7 Å². The Morgan fingerprint density at radius 1 is 1.42 bits per heavy atom. The maximum Gasteiger partial charge on any atom is 0.193 e. The highest BCUT2D eigenvalue weighted by atomic mass is 16.3. The zero-order chi connectivity index (χ0) is 8.72. The molecule has 0 spiro atoms. The molecule has 5 nitrogen and oxygen atoms in total. The summed E-state index contributed by atoms with van der Waals surface area (Å²) in [5, 5.41) is 0. The number of nitrogens with one attached hydrogen (secondary N) is 1. The van der Waals surface area contributed by atoms with E-state index >= 15 is 0 Å². The van der Waals surface area contributed by atoms with E-state index in [4.69, 9.17) is 15.9 Å². The van der Waals surface area contributed by atoms with E-state index < -0.39 is 0 Å². The fourth-order valence-electron chi connectivity index (χ4n) is 1.28. The molecule has 2 aromatic rings. The first-order valence-electron chi connectivity index (χ1n) is 3.56. The van der Waals surface area contributed by atoms with E-state index in [9.17, 15) is 0 Å². The molecule has 5 N–H and O–H groups in total. The predicted molar refractivity (Wildman–Crippen MR) is 48.3 cm³/mol. The van der Waals surface area contributed by atoms with Gasteiger partial charge in [-0.25, -0.2) is 4.68 Å². The molecular weight excluding hydrogens is 156 g/mol. The first-order valence-corrected chi connectivity index (χ1v) is 3.56. The van der Waals surface area contributed by atoms with Crippen molar-refractivity contribution in [2.45, 2.75) is 0 Å². The Labute approximate surface area is 68.9 Å². The summed E-state index contributed by atoms with van der Waals surface area (Å²) in [6.07, 6.45) is 0. The monoisotopic (exact) mass is 166 g/mol. The van der Waals surface area contributed by atoms with Gasteiger partial charge in [0, 0.05) is 19.2 Å². The van der Waals surface area contributed by atoms with Gasteiger partial charge < -0.3 is 21.3 Å². The number of furan rings is 1. The summed E-state index contributed by atoms with van der Waals surface area (Å²) in [4.78, 5) is 0. The lowest BCUT2D eigenvalue weighted by Gasteiger charge is -2.02. The molecule has 0 radical (unpaired) electrons. The molecule has 0 saturated carbocycles. The van der Waals surface area contributed by atoms with E-state index in [1.54, 1.807) is 23.9 Å². The van der Waals surface area contributed by atoms with Crippen LogP contribution < -0.4 is 16.9 Å². The normalized spacial score (nSPS) is 10.8. The van der Waals surface area contributed by atoms with Crippen molar-refractivity contribution < 1.29 is 4.42 Å². The molecule has 0 atom stereocenters. The van der Waals surface area contributed by atoms with Crippen molar-refractivity contribution in [3.05, 3.63) is 12.1 Å². The fraction of sp³-hybridized carbons (Fsp3) is 0.143. The Balaban J connectivity index is 2.78. The second-order valence-corrected chi connectivity index (χ2v) is 2.53. The largest absolute Gasteiger partial charge is 0.439 e. The molecule has 64 valence electrons. The highest BCUT2D eigenvalue weighted by molar-refractivity contribution is 5.82. The van der Waals surface area contributed by atoms with Crippen molar-refractivity contribution in [2.24, 2.45) is 0 Å². The number of rotatable bonds is 1. The Morgan fingerprint density at radius 2 is 2.17 bits per heavy atom. The lowest BCUT2D eigenvalue weighted by Crippen LogP contribution is -2.10. The summed E-state index contributed by atoms with van der Waals surface area (Å²) >= 11 is 0. The van der Waals surface area contributed by atoms with Gasteiger partial charge in [0.1, 0.15) is 11.3 Å². The highest BCUT2D eigenvalue weighted by Gasteiger charge is 2.08. The number of anilines is 2. The van der Waals surface area contributed by atoms with Gasteiger partial charge in [-0.15, -0.1) is 0 Å². The molecule has 5 heteroatoms. The zero-order valence-electron chi connectivity index (χ0n) is 6.66.